The lowest BCUT2D eigenvalue weighted by Gasteiger charge is -2.37. The minimum atomic E-state index is -0.132. The van der Waals surface area contributed by atoms with Crippen molar-refractivity contribution in [2.75, 3.05) is 13.6 Å². The first-order valence-electron chi connectivity index (χ1n) is 8.15. The van der Waals surface area contributed by atoms with Gasteiger partial charge in [-0.2, -0.15) is 0 Å². The lowest BCUT2D eigenvalue weighted by Crippen LogP contribution is -2.38. The fraction of sp³-hybridized carbons (Fsp3) is 0.667. The van der Waals surface area contributed by atoms with E-state index in [1.165, 1.54) is 18.4 Å². The predicted molar refractivity (Wildman–Crippen MR) is 89.6 cm³/mol. The molecule has 1 aliphatic carbocycles. The number of nitrogens with zero attached hydrogens (tertiary/aromatic N) is 1. The molecule has 2 nitrogen and oxygen atoms in total. The Hall–Kier alpha value is -0.570. The number of hydrogen-bond acceptors (Lipinski definition) is 2. The van der Waals surface area contributed by atoms with E-state index in [0.29, 0.717) is 12.0 Å². The van der Waals surface area contributed by atoms with Crippen molar-refractivity contribution in [1.82, 2.24) is 4.90 Å². The molecule has 1 aliphatic rings. The van der Waals surface area contributed by atoms with Crippen molar-refractivity contribution < 1.29 is 5.11 Å². The summed E-state index contributed by atoms with van der Waals surface area (Å²) in [6, 6.07) is 8.43. The van der Waals surface area contributed by atoms with Gasteiger partial charge in [-0.25, -0.2) is 0 Å². The summed E-state index contributed by atoms with van der Waals surface area (Å²) >= 11 is 5.96. The van der Waals surface area contributed by atoms with Crippen LogP contribution in [0.15, 0.2) is 24.3 Å². The van der Waals surface area contributed by atoms with Crippen LogP contribution < -0.4 is 0 Å². The van der Waals surface area contributed by atoms with Crippen LogP contribution in [-0.2, 0) is 0 Å². The quantitative estimate of drug-likeness (QED) is 0.864. The number of hydrogen-bond donors (Lipinski definition) is 1. The topological polar surface area (TPSA) is 23.5 Å². The highest BCUT2D eigenvalue weighted by molar-refractivity contribution is 6.30. The molecule has 0 radical (unpaired) electrons. The summed E-state index contributed by atoms with van der Waals surface area (Å²) in [5.41, 5.74) is 1.28. The molecule has 118 valence electrons. The zero-order chi connectivity index (χ0) is 15.4. The van der Waals surface area contributed by atoms with Crippen molar-refractivity contribution in [2.45, 2.75) is 51.7 Å². The van der Waals surface area contributed by atoms with Crippen LogP contribution in [0, 0.1) is 11.8 Å². The average Bonchev–Trinajstić information content (AvgIpc) is 2.49. The van der Waals surface area contributed by atoms with Gasteiger partial charge in [0.25, 0.3) is 0 Å². The van der Waals surface area contributed by atoms with Crippen LogP contribution >= 0.6 is 11.6 Å². The smallest absolute Gasteiger partial charge is 0.0580 e. The molecule has 1 aromatic rings. The van der Waals surface area contributed by atoms with E-state index in [4.69, 9.17) is 11.6 Å². The molecule has 21 heavy (non-hydrogen) atoms. The van der Waals surface area contributed by atoms with Crippen LogP contribution in [0.3, 0.4) is 0 Å². The largest absolute Gasteiger partial charge is 0.393 e. The first kappa shape index (κ1) is 16.8. The van der Waals surface area contributed by atoms with Crippen LogP contribution in [0.5, 0.6) is 0 Å². The van der Waals surface area contributed by atoms with E-state index in [2.05, 4.69) is 37.9 Å². The Morgan fingerprint density at radius 2 is 1.95 bits per heavy atom. The van der Waals surface area contributed by atoms with Crippen molar-refractivity contribution >= 4 is 11.6 Å². The lowest BCUT2D eigenvalue weighted by molar-refractivity contribution is 0.0251. The monoisotopic (exact) mass is 309 g/mol. The third-order valence-electron chi connectivity index (χ3n) is 5.16. The molecule has 0 aliphatic heterocycles. The maximum Gasteiger partial charge on any atom is 0.0580 e. The summed E-state index contributed by atoms with van der Waals surface area (Å²) in [7, 11) is 2.15. The highest BCUT2D eigenvalue weighted by Gasteiger charge is 2.30. The molecular formula is C18H28ClNO. The van der Waals surface area contributed by atoms with Crippen LogP contribution in [0.25, 0.3) is 0 Å². The molecule has 0 saturated heterocycles. The Labute approximate surface area is 134 Å². The summed E-state index contributed by atoms with van der Waals surface area (Å²) in [5.74, 6) is 1.20. The zero-order valence-corrected chi connectivity index (χ0v) is 14.2. The average molecular weight is 310 g/mol. The highest BCUT2D eigenvalue weighted by Crippen LogP contribution is 2.33. The van der Waals surface area contributed by atoms with Crippen molar-refractivity contribution in [3.8, 4) is 0 Å². The third-order valence-corrected chi connectivity index (χ3v) is 5.42. The predicted octanol–water partition coefficient (Wildman–Crippen LogP) is 4.52. The molecule has 0 amide bonds. The fourth-order valence-electron chi connectivity index (χ4n) is 3.44. The molecular weight excluding hydrogens is 282 g/mol. The molecule has 2 rings (SSSR count). The molecule has 4 unspecified atom stereocenters. The molecule has 1 N–H and O–H groups in total. The maximum atomic E-state index is 10.3. The first-order valence-corrected chi connectivity index (χ1v) is 8.52. The van der Waals surface area contributed by atoms with E-state index in [-0.39, 0.29) is 6.10 Å². The zero-order valence-electron chi connectivity index (χ0n) is 13.4. The Balaban J connectivity index is 1.96. The fourth-order valence-corrected chi connectivity index (χ4v) is 3.56. The van der Waals surface area contributed by atoms with E-state index in [0.717, 1.165) is 30.3 Å². The molecule has 0 aromatic heterocycles. The molecule has 1 fully saturated rings. The SMILES string of the molecule is CCC1CCC(O)C(CN(C)C(C)c2ccc(Cl)cc2)C1. The highest BCUT2D eigenvalue weighted by atomic mass is 35.5. The summed E-state index contributed by atoms with van der Waals surface area (Å²) < 4.78 is 0. The lowest BCUT2D eigenvalue weighted by atomic mass is 9.78. The standard InChI is InChI=1S/C18H28ClNO/c1-4-14-5-10-18(21)16(11-14)12-20(3)13(2)15-6-8-17(19)9-7-15/h6-9,13-14,16,18,21H,4-5,10-12H2,1-3H3. The van der Waals surface area contributed by atoms with Gasteiger partial charge in [0.15, 0.2) is 0 Å². The van der Waals surface area contributed by atoms with E-state index in [1.807, 2.05) is 12.1 Å². The second-order valence-corrected chi connectivity index (χ2v) is 7.02. The van der Waals surface area contributed by atoms with Crippen LogP contribution in [0.1, 0.15) is 51.1 Å². The normalized spacial score (nSPS) is 27.8. The van der Waals surface area contributed by atoms with Gasteiger partial charge in [0.2, 0.25) is 0 Å². The van der Waals surface area contributed by atoms with Crippen molar-refractivity contribution in [2.24, 2.45) is 11.8 Å². The van der Waals surface area contributed by atoms with Crippen molar-refractivity contribution in [3.05, 3.63) is 34.9 Å². The molecule has 0 heterocycles. The Kier molecular flexibility index (Phi) is 6.09. The van der Waals surface area contributed by atoms with Gasteiger partial charge in [0.05, 0.1) is 6.10 Å². The van der Waals surface area contributed by atoms with Crippen molar-refractivity contribution in [1.29, 1.82) is 0 Å². The number of halogens is 1. The molecule has 1 aromatic carbocycles. The van der Waals surface area contributed by atoms with Gasteiger partial charge in [0.1, 0.15) is 0 Å². The second-order valence-electron chi connectivity index (χ2n) is 6.58. The number of benzene rings is 1. The van der Waals surface area contributed by atoms with E-state index >= 15 is 0 Å². The first-order chi connectivity index (χ1) is 10.0. The van der Waals surface area contributed by atoms with Gasteiger partial charge in [-0.15, -0.1) is 0 Å². The molecule has 4 atom stereocenters. The maximum absolute atomic E-state index is 10.3. The van der Waals surface area contributed by atoms with Gasteiger partial charge in [-0.1, -0.05) is 37.1 Å². The summed E-state index contributed by atoms with van der Waals surface area (Å²) in [4.78, 5) is 2.36. The molecule has 1 saturated carbocycles. The molecule has 0 spiro atoms. The van der Waals surface area contributed by atoms with Gasteiger partial charge < -0.3 is 5.11 Å². The van der Waals surface area contributed by atoms with Gasteiger partial charge in [-0.05, 0) is 62.8 Å². The minimum absolute atomic E-state index is 0.132. The van der Waals surface area contributed by atoms with Crippen molar-refractivity contribution in [3.63, 3.8) is 0 Å². The third kappa shape index (κ3) is 4.45. The van der Waals surface area contributed by atoms with Crippen LogP contribution in [0.2, 0.25) is 5.02 Å². The second kappa shape index (κ2) is 7.62. The van der Waals surface area contributed by atoms with Crippen LogP contribution in [0.4, 0.5) is 0 Å². The minimum Gasteiger partial charge on any atom is -0.393 e. The van der Waals surface area contributed by atoms with Gasteiger partial charge in [-0.3, -0.25) is 4.90 Å². The summed E-state index contributed by atoms with van der Waals surface area (Å²) in [5, 5.41) is 11.1. The Morgan fingerprint density at radius 1 is 1.29 bits per heavy atom. The van der Waals surface area contributed by atoms with Gasteiger partial charge >= 0.3 is 0 Å². The van der Waals surface area contributed by atoms with E-state index in [1.54, 1.807) is 0 Å². The Morgan fingerprint density at radius 3 is 2.57 bits per heavy atom. The summed E-state index contributed by atoms with van der Waals surface area (Å²) in [6.07, 6.45) is 4.42. The summed E-state index contributed by atoms with van der Waals surface area (Å²) in [6.45, 7) is 5.44. The molecule has 3 heteroatoms. The number of aliphatic hydroxyl groups excluding tert-OH is 1. The number of rotatable bonds is 5. The molecule has 0 bridgehead atoms. The van der Waals surface area contributed by atoms with Crippen LogP contribution in [-0.4, -0.2) is 29.7 Å². The Bertz CT molecular complexity index is 433. The van der Waals surface area contributed by atoms with Gasteiger partial charge in [0, 0.05) is 17.6 Å². The van der Waals surface area contributed by atoms with E-state index in [9.17, 15) is 5.11 Å². The number of aliphatic hydroxyl groups is 1. The van der Waals surface area contributed by atoms with E-state index < -0.39 is 0 Å².